The van der Waals surface area contributed by atoms with E-state index in [1.54, 1.807) is 11.3 Å². The third-order valence-electron chi connectivity index (χ3n) is 2.33. The van der Waals surface area contributed by atoms with Crippen molar-refractivity contribution in [1.82, 2.24) is 19.9 Å². The summed E-state index contributed by atoms with van der Waals surface area (Å²) < 4.78 is 5.43. The Morgan fingerprint density at radius 1 is 1.25 bits per heavy atom. The number of rotatable bonds is 5. The van der Waals surface area contributed by atoms with Crippen molar-refractivity contribution in [2.45, 2.75) is 39.8 Å². The molecule has 2 aromatic heterocycles. The first kappa shape index (κ1) is 14.4. The monoisotopic (exact) mass is 294 g/mol. The summed E-state index contributed by atoms with van der Waals surface area (Å²) in [5, 5.41) is 4.12. The Kier molecular flexibility index (Phi) is 4.33. The van der Waals surface area contributed by atoms with Crippen molar-refractivity contribution < 1.29 is 4.74 Å². The number of thiazole rings is 1. The van der Waals surface area contributed by atoms with Gasteiger partial charge in [-0.3, -0.25) is 0 Å². The molecule has 7 nitrogen and oxygen atoms in total. The van der Waals surface area contributed by atoms with Crippen molar-refractivity contribution in [3.63, 3.8) is 0 Å². The molecular weight excluding hydrogens is 276 g/mol. The number of ether oxygens (including phenoxy) is 1. The lowest BCUT2D eigenvalue weighted by Crippen LogP contribution is -2.14. The summed E-state index contributed by atoms with van der Waals surface area (Å²) in [7, 11) is 0. The van der Waals surface area contributed by atoms with Crippen LogP contribution in [0.4, 0.5) is 11.9 Å². The van der Waals surface area contributed by atoms with E-state index in [0.717, 1.165) is 9.88 Å². The molecule has 0 aliphatic carbocycles. The average Bonchev–Trinajstić information content (AvgIpc) is 2.74. The summed E-state index contributed by atoms with van der Waals surface area (Å²) in [6.45, 7) is 7.80. The molecule has 2 heterocycles. The highest BCUT2D eigenvalue weighted by atomic mass is 32.1. The summed E-state index contributed by atoms with van der Waals surface area (Å²) >= 11 is 1.63. The Labute approximate surface area is 121 Å². The van der Waals surface area contributed by atoms with E-state index in [2.05, 4.69) is 25.3 Å². The molecular formula is C12H18N6OS. The molecule has 0 spiro atoms. The van der Waals surface area contributed by atoms with E-state index in [0.29, 0.717) is 5.95 Å². The van der Waals surface area contributed by atoms with Gasteiger partial charge in [0.1, 0.15) is 5.01 Å². The lowest BCUT2D eigenvalue weighted by Gasteiger charge is -2.13. The van der Waals surface area contributed by atoms with E-state index in [4.69, 9.17) is 10.5 Å². The molecule has 1 atom stereocenters. The maximum atomic E-state index is 5.66. The second-order valence-corrected chi connectivity index (χ2v) is 5.91. The van der Waals surface area contributed by atoms with E-state index < -0.39 is 0 Å². The van der Waals surface area contributed by atoms with Crippen LogP contribution in [0.2, 0.25) is 0 Å². The maximum Gasteiger partial charge on any atom is 0.323 e. The molecule has 0 aliphatic heterocycles. The quantitative estimate of drug-likeness (QED) is 0.871. The molecule has 8 heteroatoms. The molecule has 0 bridgehead atoms. The molecule has 1 unspecified atom stereocenters. The Balaban J connectivity index is 2.14. The zero-order chi connectivity index (χ0) is 14.7. The second-order valence-electron chi connectivity index (χ2n) is 4.64. The zero-order valence-corrected chi connectivity index (χ0v) is 12.7. The van der Waals surface area contributed by atoms with Gasteiger partial charge in [0.15, 0.2) is 0 Å². The smallest absolute Gasteiger partial charge is 0.323 e. The summed E-state index contributed by atoms with van der Waals surface area (Å²) in [5.74, 6) is 0.508. The van der Waals surface area contributed by atoms with Gasteiger partial charge in [0.25, 0.3) is 0 Å². The fraction of sp³-hybridized carbons (Fsp3) is 0.500. The summed E-state index contributed by atoms with van der Waals surface area (Å²) in [4.78, 5) is 17.7. The fourth-order valence-corrected chi connectivity index (χ4v) is 2.30. The third-order valence-corrected chi connectivity index (χ3v) is 3.42. The molecule has 20 heavy (non-hydrogen) atoms. The highest BCUT2D eigenvalue weighted by molar-refractivity contribution is 7.11. The lowest BCUT2D eigenvalue weighted by molar-refractivity contribution is 0.222. The van der Waals surface area contributed by atoms with Crippen LogP contribution in [0.25, 0.3) is 0 Å². The molecule has 3 N–H and O–H groups in total. The first-order valence-electron chi connectivity index (χ1n) is 6.31. The molecule has 0 saturated heterocycles. The summed E-state index contributed by atoms with van der Waals surface area (Å²) in [6, 6.07) is 0.208. The average molecular weight is 294 g/mol. The predicted molar refractivity (Wildman–Crippen MR) is 78.9 cm³/mol. The lowest BCUT2D eigenvalue weighted by atomic mass is 10.4. The predicted octanol–water partition coefficient (Wildman–Crippen LogP) is 2.18. The zero-order valence-electron chi connectivity index (χ0n) is 11.9. The minimum Gasteiger partial charge on any atom is -0.461 e. The van der Waals surface area contributed by atoms with Gasteiger partial charge in [-0.1, -0.05) is 0 Å². The van der Waals surface area contributed by atoms with Crippen LogP contribution in [0.15, 0.2) is 6.20 Å². The van der Waals surface area contributed by atoms with Crippen LogP contribution < -0.4 is 15.8 Å². The van der Waals surface area contributed by atoms with Crippen LogP contribution in [0, 0.1) is 6.92 Å². The molecule has 2 rings (SSSR count). The van der Waals surface area contributed by atoms with Crippen molar-refractivity contribution in [1.29, 1.82) is 0 Å². The number of aromatic nitrogens is 4. The Morgan fingerprint density at radius 2 is 2.00 bits per heavy atom. The van der Waals surface area contributed by atoms with Crippen LogP contribution in [-0.4, -0.2) is 26.0 Å². The van der Waals surface area contributed by atoms with E-state index in [-0.39, 0.29) is 24.1 Å². The summed E-state index contributed by atoms with van der Waals surface area (Å²) in [6.07, 6.45) is 1.82. The number of hydrogen-bond acceptors (Lipinski definition) is 8. The van der Waals surface area contributed by atoms with Crippen molar-refractivity contribution in [2.24, 2.45) is 0 Å². The number of nitrogens with zero attached hydrogens (tertiary/aromatic N) is 4. The minimum atomic E-state index is -0.0244. The van der Waals surface area contributed by atoms with Gasteiger partial charge in [0.05, 0.1) is 12.1 Å². The number of nitrogens with one attached hydrogen (secondary N) is 1. The standard InChI is InChI=1S/C12H18N6OS/c1-6(2)19-12-17-10(13)16-11(18-12)15-8(4)9-14-5-7(3)20-9/h5-6,8H,1-4H3,(H3,13,15,16,17,18). The first-order chi connectivity index (χ1) is 9.44. The van der Waals surface area contributed by atoms with E-state index in [1.807, 2.05) is 33.9 Å². The maximum absolute atomic E-state index is 5.66. The van der Waals surface area contributed by atoms with Gasteiger partial charge in [-0.15, -0.1) is 11.3 Å². The van der Waals surface area contributed by atoms with E-state index >= 15 is 0 Å². The molecule has 0 aliphatic rings. The van der Waals surface area contributed by atoms with Crippen LogP contribution in [0.5, 0.6) is 6.01 Å². The normalized spacial score (nSPS) is 12.4. The SMILES string of the molecule is Cc1cnc(C(C)Nc2nc(N)nc(OC(C)C)n2)s1. The van der Waals surface area contributed by atoms with Crippen LogP contribution >= 0.6 is 11.3 Å². The van der Waals surface area contributed by atoms with Gasteiger partial charge in [-0.25, -0.2) is 4.98 Å². The van der Waals surface area contributed by atoms with Gasteiger partial charge in [-0.05, 0) is 27.7 Å². The molecule has 108 valence electrons. The topological polar surface area (TPSA) is 98.8 Å². The fourth-order valence-electron chi connectivity index (χ4n) is 1.53. The van der Waals surface area contributed by atoms with Gasteiger partial charge in [-0.2, -0.15) is 15.0 Å². The van der Waals surface area contributed by atoms with Crippen molar-refractivity contribution >= 4 is 23.2 Å². The van der Waals surface area contributed by atoms with Gasteiger partial charge in [0, 0.05) is 11.1 Å². The third kappa shape index (κ3) is 3.77. The molecule has 0 fully saturated rings. The highest BCUT2D eigenvalue weighted by Crippen LogP contribution is 2.22. The largest absolute Gasteiger partial charge is 0.461 e. The number of hydrogen-bond donors (Lipinski definition) is 2. The van der Waals surface area contributed by atoms with Crippen LogP contribution in [-0.2, 0) is 0 Å². The van der Waals surface area contributed by atoms with Crippen molar-refractivity contribution in [3.8, 4) is 6.01 Å². The Bertz CT molecular complexity index is 585. The molecule has 0 saturated carbocycles. The first-order valence-corrected chi connectivity index (χ1v) is 7.12. The number of nitrogen functional groups attached to an aromatic ring is 1. The van der Waals surface area contributed by atoms with Gasteiger partial charge < -0.3 is 15.8 Å². The Morgan fingerprint density at radius 3 is 2.60 bits per heavy atom. The minimum absolute atomic E-state index is 0.0117. The number of anilines is 2. The van der Waals surface area contributed by atoms with Crippen LogP contribution in [0.1, 0.15) is 36.7 Å². The van der Waals surface area contributed by atoms with E-state index in [9.17, 15) is 0 Å². The highest BCUT2D eigenvalue weighted by Gasteiger charge is 2.13. The molecule has 2 aromatic rings. The number of aryl methyl sites for hydroxylation is 1. The second kappa shape index (κ2) is 6.00. The molecule has 0 aromatic carbocycles. The van der Waals surface area contributed by atoms with Crippen molar-refractivity contribution in [2.75, 3.05) is 11.1 Å². The van der Waals surface area contributed by atoms with Crippen LogP contribution in [0.3, 0.4) is 0 Å². The molecule has 0 amide bonds. The Hall–Kier alpha value is -1.96. The summed E-state index contributed by atoms with van der Waals surface area (Å²) in [5.41, 5.74) is 5.66. The number of nitrogens with two attached hydrogens (primary N) is 1. The van der Waals surface area contributed by atoms with Gasteiger partial charge >= 0.3 is 6.01 Å². The molecule has 0 radical (unpaired) electrons. The van der Waals surface area contributed by atoms with Crippen molar-refractivity contribution in [3.05, 3.63) is 16.1 Å². The van der Waals surface area contributed by atoms with E-state index in [1.165, 1.54) is 0 Å². The van der Waals surface area contributed by atoms with Gasteiger partial charge in [0.2, 0.25) is 11.9 Å².